The Balaban J connectivity index is 2.76. The van der Waals surface area contributed by atoms with E-state index in [1.807, 2.05) is 27.1 Å². The SMILES string of the molecule is Cc1ccc(NC(C)C/C(N)=N/O)cc1N(C)C. The summed E-state index contributed by atoms with van der Waals surface area (Å²) in [6, 6.07) is 6.32. The topological polar surface area (TPSA) is 73.9 Å². The van der Waals surface area contributed by atoms with Crippen molar-refractivity contribution in [3.05, 3.63) is 23.8 Å². The number of aryl methyl sites for hydroxylation is 1. The third kappa shape index (κ3) is 3.84. The maximum Gasteiger partial charge on any atom is 0.141 e. The molecule has 1 rings (SSSR count). The molecule has 0 heterocycles. The van der Waals surface area contributed by atoms with Crippen LogP contribution in [0.5, 0.6) is 0 Å². The molecule has 0 bridgehead atoms. The molecule has 0 aliphatic rings. The van der Waals surface area contributed by atoms with Crippen LogP contribution in [0.25, 0.3) is 0 Å². The number of amidine groups is 1. The number of anilines is 2. The van der Waals surface area contributed by atoms with Crippen molar-refractivity contribution in [2.45, 2.75) is 26.3 Å². The molecule has 1 unspecified atom stereocenters. The zero-order valence-electron chi connectivity index (χ0n) is 11.4. The third-order valence-electron chi connectivity index (χ3n) is 2.75. The van der Waals surface area contributed by atoms with Gasteiger partial charge in [-0.15, -0.1) is 0 Å². The highest BCUT2D eigenvalue weighted by atomic mass is 16.4. The van der Waals surface area contributed by atoms with Gasteiger partial charge in [0, 0.05) is 37.9 Å². The molecular weight excluding hydrogens is 228 g/mol. The van der Waals surface area contributed by atoms with Crippen molar-refractivity contribution in [1.29, 1.82) is 0 Å². The molecule has 0 aromatic heterocycles. The highest BCUT2D eigenvalue weighted by Crippen LogP contribution is 2.23. The summed E-state index contributed by atoms with van der Waals surface area (Å²) in [6.07, 6.45) is 0.502. The molecule has 4 N–H and O–H groups in total. The first-order chi connectivity index (χ1) is 8.43. The molecule has 18 heavy (non-hydrogen) atoms. The van der Waals surface area contributed by atoms with Crippen molar-refractivity contribution in [3.63, 3.8) is 0 Å². The molecule has 5 heteroatoms. The largest absolute Gasteiger partial charge is 0.409 e. The van der Waals surface area contributed by atoms with Crippen LogP contribution in [0.1, 0.15) is 18.9 Å². The maximum atomic E-state index is 8.53. The van der Waals surface area contributed by atoms with E-state index in [9.17, 15) is 0 Å². The number of nitrogens with one attached hydrogen (secondary N) is 1. The van der Waals surface area contributed by atoms with Crippen LogP contribution in [0.3, 0.4) is 0 Å². The first kappa shape index (κ1) is 14.2. The molecule has 0 fully saturated rings. The van der Waals surface area contributed by atoms with Crippen LogP contribution in [0.2, 0.25) is 0 Å². The molecular formula is C13H22N4O. The van der Waals surface area contributed by atoms with E-state index in [4.69, 9.17) is 10.9 Å². The minimum absolute atomic E-state index is 0.110. The molecule has 5 nitrogen and oxygen atoms in total. The van der Waals surface area contributed by atoms with Gasteiger partial charge in [0.1, 0.15) is 5.84 Å². The van der Waals surface area contributed by atoms with Gasteiger partial charge in [0.2, 0.25) is 0 Å². The van der Waals surface area contributed by atoms with Gasteiger partial charge in [-0.2, -0.15) is 0 Å². The van der Waals surface area contributed by atoms with Crippen molar-refractivity contribution in [1.82, 2.24) is 0 Å². The number of oxime groups is 1. The fourth-order valence-corrected chi connectivity index (χ4v) is 1.87. The van der Waals surface area contributed by atoms with Gasteiger partial charge in [0.15, 0.2) is 0 Å². The summed E-state index contributed by atoms with van der Waals surface area (Å²) in [7, 11) is 4.04. The maximum absolute atomic E-state index is 8.53. The Morgan fingerprint density at radius 2 is 2.17 bits per heavy atom. The zero-order chi connectivity index (χ0) is 13.7. The lowest BCUT2D eigenvalue weighted by molar-refractivity contribution is 0.316. The number of rotatable bonds is 5. The van der Waals surface area contributed by atoms with Crippen LogP contribution in [-0.2, 0) is 0 Å². The van der Waals surface area contributed by atoms with Gasteiger partial charge < -0.3 is 21.2 Å². The molecule has 0 saturated heterocycles. The second kappa shape index (κ2) is 6.14. The smallest absolute Gasteiger partial charge is 0.141 e. The van der Waals surface area contributed by atoms with Crippen LogP contribution in [0.4, 0.5) is 11.4 Å². The molecule has 1 atom stereocenters. The Hall–Kier alpha value is -1.91. The lowest BCUT2D eigenvalue weighted by atomic mass is 10.1. The van der Waals surface area contributed by atoms with Gasteiger partial charge >= 0.3 is 0 Å². The third-order valence-corrected chi connectivity index (χ3v) is 2.75. The molecule has 1 aromatic rings. The summed E-state index contributed by atoms with van der Waals surface area (Å²) < 4.78 is 0. The fraction of sp³-hybridized carbons (Fsp3) is 0.462. The second-order valence-electron chi connectivity index (χ2n) is 4.74. The van der Waals surface area contributed by atoms with Crippen LogP contribution < -0.4 is 16.0 Å². The van der Waals surface area contributed by atoms with Crippen molar-refractivity contribution >= 4 is 17.2 Å². The predicted molar refractivity (Wildman–Crippen MR) is 76.6 cm³/mol. The van der Waals surface area contributed by atoms with E-state index in [0.717, 1.165) is 5.69 Å². The molecule has 0 saturated carbocycles. The number of hydrogen-bond donors (Lipinski definition) is 3. The summed E-state index contributed by atoms with van der Waals surface area (Å²) in [6.45, 7) is 4.08. The van der Waals surface area contributed by atoms with E-state index in [2.05, 4.69) is 34.4 Å². The van der Waals surface area contributed by atoms with E-state index >= 15 is 0 Å². The molecule has 1 aromatic carbocycles. The van der Waals surface area contributed by atoms with Gasteiger partial charge in [0.05, 0.1) is 0 Å². The van der Waals surface area contributed by atoms with Gasteiger partial charge in [-0.3, -0.25) is 0 Å². The Bertz CT molecular complexity index is 429. The van der Waals surface area contributed by atoms with Crippen LogP contribution in [-0.4, -0.2) is 31.2 Å². The highest BCUT2D eigenvalue weighted by Gasteiger charge is 2.07. The van der Waals surface area contributed by atoms with Crippen LogP contribution >= 0.6 is 0 Å². The summed E-state index contributed by atoms with van der Waals surface area (Å²) in [5, 5.41) is 14.8. The Labute approximate surface area is 108 Å². The second-order valence-corrected chi connectivity index (χ2v) is 4.74. The van der Waals surface area contributed by atoms with Crippen molar-refractivity contribution in [2.75, 3.05) is 24.3 Å². The molecule has 0 radical (unpaired) electrons. The minimum atomic E-state index is 0.110. The van der Waals surface area contributed by atoms with Crippen LogP contribution in [0.15, 0.2) is 23.4 Å². The zero-order valence-corrected chi connectivity index (χ0v) is 11.4. The highest BCUT2D eigenvalue weighted by molar-refractivity contribution is 5.80. The van der Waals surface area contributed by atoms with Crippen LogP contribution in [0, 0.1) is 6.92 Å². The van der Waals surface area contributed by atoms with Gasteiger partial charge in [0.25, 0.3) is 0 Å². The Kier molecular flexibility index (Phi) is 4.83. The minimum Gasteiger partial charge on any atom is -0.409 e. The molecule has 100 valence electrons. The van der Waals surface area contributed by atoms with Crippen molar-refractivity contribution < 1.29 is 5.21 Å². The lowest BCUT2D eigenvalue weighted by Crippen LogP contribution is -2.24. The molecule has 0 spiro atoms. The Morgan fingerprint density at radius 3 is 2.72 bits per heavy atom. The van der Waals surface area contributed by atoms with E-state index < -0.39 is 0 Å². The number of nitrogens with zero attached hydrogens (tertiary/aromatic N) is 2. The quantitative estimate of drug-likeness (QED) is 0.323. The molecule has 0 aliphatic carbocycles. The van der Waals surface area contributed by atoms with Gasteiger partial charge in [-0.1, -0.05) is 11.2 Å². The number of benzene rings is 1. The van der Waals surface area contributed by atoms with E-state index in [0.29, 0.717) is 6.42 Å². The number of nitrogens with two attached hydrogens (primary N) is 1. The average Bonchev–Trinajstić information content (AvgIpc) is 2.31. The number of hydrogen-bond acceptors (Lipinski definition) is 4. The van der Waals surface area contributed by atoms with Crippen molar-refractivity contribution in [3.8, 4) is 0 Å². The van der Waals surface area contributed by atoms with E-state index in [-0.39, 0.29) is 11.9 Å². The summed E-state index contributed by atoms with van der Waals surface area (Å²) in [5.41, 5.74) is 8.92. The Morgan fingerprint density at radius 1 is 1.50 bits per heavy atom. The first-order valence-corrected chi connectivity index (χ1v) is 5.95. The summed E-state index contributed by atoms with van der Waals surface area (Å²) in [5.74, 6) is 0.231. The average molecular weight is 250 g/mol. The van der Waals surface area contributed by atoms with E-state index in [1.54, 1.807) is 0 Å². The normalized spacial score (nSPS) is 13.2. The molecule has 0 aliphatic heterocycles. The van der Waals surface area contributed by atoms with Gasteiger partial charge in [-0.05, 0) is 31.5 Å². The lowest BCUT2D eigenvalue weighted by Gasteiger charge is -2.19. The summed E-state index contributed by atoms with van der Waals surface area (Å²) in [4.78, 5) is 2.08. The predicted octanol–water partition coefficient (Wildman–Crippen LogP) is 2.00. The standard InChI is InChI=1S/C13H22N4O/c1-9-5-6-11(8-12(9)17(3)4)15-10(2)7-13(14)16-18/h5-6,8,10,15,18H,7H2,1-4H3,(H2,14,16). The monoisotopic (exact) mass is 250 g/mol. The molecule has 0 amide bonds. The van der Waals surface area contributed by atoms with Crippen molar-refractivity contribution in [2.24, 2.45) is 10.9 Å². The van der Waals surface area contributed by atoms with E-state index in [1.165, 1.54) is 11.3 Å². The summed E-state index contributed by atoms with van der Waals surface area (Å²) >= 11 is 0. The fourth-order valence-electron chi connectivity index (χ4n) is 1.87. The first-order valence-electron chi connectivity index (χ1n) is 5.95. The van der Waals surface area contributed by atoms with Gasteiger partial charge in [-0.25, -0.2) is 0 Å².